The van der Waals surface area contributed by atoms with Crippen molar-refractivity contribution in [3.8, 4) is 11.1 Å². The Labute approximate surface area is 97.3 Å². The molecule has 1 aromatic carbocycles. The maximum Gasteiger partial charge on any atom is 0.123 e. The first-order valence-corrected chi connectivity index (χ1v) is 5.44. The van der Waals surface area contributed by atoms with Crippen LogP contribution in [0.25, 0.3) is 11.1 Å². The molecular weight excluding hydrogens is 252 g/mol. The summed E-state index contributed by atoms with van der Waals surface area (Å²) >= 11 is 3.45. The average Bonchev–Trinajstić information content (AvgIpc) is 2.17. The number of hydrogen-bond acceptors (Lipinski definition) is 2. The third-order valence-corrected chi connectivity index (χ3v) is 2.76. The summed E-state index contributed by atoms with van der Waals surface area (Å²) in [4.78, 5) is 4.11. The van der Waals surface area contributed by atoms with Crippen molar-refractivity contribution in [2.75, 3.05) is 5.73 Å². The number of aromatic nitrogens is 1. The van der Waals surface area contributed by atoms with Crippen molar-refractivity contribution in [1.82, 2.24) is 4.98 Å². The number of aryl methyl sites for hydroxylation is 1. The van der Waals surface area contributed by atoms with E-state index >= 15 is 0 Å². The van der Waals surface area contributed by atoms with E-state index in [1.54, 1.807) is 0 Å². The Kier molecular flexibility index (Phi) is 2.73. The molecule has 1 heterocycles. The first kappa shape index (κ1) is 10.2. The van der Waals surface area contributed by atoms with E-state index in [4.69, 9.17) is 5.73 Å². The zero-order valence-electron chi connectivity index (χ0n) is 8.37. The molecule has 2 nitrogen and oxygen atoms in total. The Balaban J connectivity index is 2.54. The minimum absolute atomic E-state index is 0.561. The Morgan fingerprint density at radius 1 is 1.27 bits per heavy atom. The van der Waals surface area contributed by atoms with Gasteiger partial charge in [0, 0.05) is 16.2 Å². The fourth-order valence-electron chi connectivity index (χ4n) is 1.54. The van der Waals surface area contributed by atoms with Crippen LogP contribution in [0.15, 0.2) is 41.0 Å². The molecule has 0 aliphatic carbocycles. The SMILES string of the molecule is Cc1cc(N)ncc1-c1cccc(Br)c1. The Morgan fingerprint density at radius 3 is 2.73 bits per heavy atom. The van der Waals surface area contributed by atoms with Gasteiger partial charge in [-0.2, -0.15) is 0 Å². The Bertz CT molecular complexity index is 495. The zero-order valence-corrected chi connectivity index (χ0v) is 9.95. The van der Waals surface area contributed by atoms with Crippen LogP contribution in [0.5, 0.6) is 0 Å². The van der Waals surface area contributed by atoms with Crippen LogP contribution in [-0.2, 0) is 0 Å². The highest BCUT2D eigenvalue weighted by atomic mass is 79.9. The van der Waals surface area contributed by atoms with Gasteiger partial charge in [-0.3, -0.25) is 0 Å². The van der Waals surface area contributed by atoms with Crippen molar-refractivity contribution < 1.29 is 0 Å². The molecule has 0 saturated carbocycles. The first-order valence-electron chi connectivity index (χ1n) is 4.65. The van der Waals surface area contributed by atoms with E-state index in [-0.39, 0.29) is 0 Å². The lowest BCUT2D eigenvalue weighted by Crippen LogP contribution is -1.92. The molecule has 0 aliphatic heterocycles. The first-order chi connectivity index (χ1) is 7.16. The van der Waals surface area contributed by atoms with E-state index in [1.807, 2.05) is 31.3 Å². The number of benzene rings is 1. The van der Waals surface area contributed by atoms with Gasteiger partial charge in [-0.15, -0.1) is 0 Å². The molecule has 76 valence electrons. The molecule has 0 spiro atoms. The predicted octanol–water partition coefficient (Wildman–Crippen LogP) is 3.40. The van der Waals surface area contributed by atoms with Gasteiger partial charge in [-0.05, 0) is 36.2 Å². The van der Waals surface area contributed by atoms with Crippen molar-refractivity contribution in [2.24, 2.45) is 0 Å². The van der Waals surface area contributed by atoms with Gasteiger partial charge in [0.1, 0.15) is 5.82 Å². The molecule has 0 unspecified atom stereocenters. The lowest BCUT2D eigenvalue weighted by atomic mass is 10.0. The van der Waals surface area contributed by atoms with Crippen molar-refractivity contribution >= 4 is 21.7 Å². The van der Waals surface area contributed by atoms with Crippen molar-refractivity contribution in [1.29, 1.82) is 0 Å². The van der Waals surface area contributed by atoms with Gasteiger partial charge >= 0.3 is 0 Å². The standard InChI is InChI=1S/C12H11BrN2/c1-8-5-12(14)15-7-11(8)9-3-2-4-10(13)6-9/h2-7H,1H3,(H2,14,15). The number of anilines is 1. The zero-order chi connectivity index (χ0) is 10.8. The van der Waals surface area contributed by atoms with E-state index in [0.717, 1.165) is 21.2 Å². The van der Waals surface area contributed by atoms with Crippen LogP contribution in [0.4, 0.5) is 5.82 Å². The fourth-order valence-corrected chi connectivity index (χ4v) is 1.94. The van der Waals surface area contributed by atoms with Gasteiger partial charge in [0.25, 0.3) is 0 Å². The predicted molar refractivity (Wildman–Crippen MR) is 66.5 cm³/mol. The Hall–Kier alpha value is -1.35. The highest BCUT2D eigenvalue weighted by Crippen LogP contribution is 2.25. The van der Waals surface area contributed by atoms with E-state index in [2.05, 4.69) is 33.0 Å². The number of nitrogen functional groups attached to an aromatic ring is 1. The molecule has 1 aromatic heterocycles. The molecule has 2 rings (SSSR count). The molecule has 0 atom stereocenters. The fraction of sp³-hybridized carbons (Fsp3) is 0.0833. The summed E-state index contributed by atoms with van der Waals surface area (Å²) < 4.78 is 1.07. The van der Waals surface area contributed by atoms with Crippen LogP contribution in [-0.4, -0.2) is 4.98 Å². The van der Waals surface area contributed by atoms with Crippen LogP contribution in [0.2, 0.25) is 0 Å². The average molecular weight is 263 g/mol. The summed E-state index contributed by atoms with van der Waals surface area (Å²) in [5.41, 5.74) is 9.02. The van der Waals surface area contributed by atoms with Crippen LogP contribution in [0.3, 0.4) is 0 Å². The number of pyridine rings is 1. The summed E-state index contributed by atoms with van der Waals surface area (Å²) in [6, 6.07) is 10.0. The van der Waals surface area contributed by atoms with Gasteiger partial charge in [0.15, 0.2) is 0 Å². The van der Waals surface area contributed by atoms with E-state index < -0.39 is 0 Å². The number of nitrogens with zero attached hydrogens (tertiary/aromatic N) is 1. The number of nitrogens with two attached hydrogens (primary N) is 1. The molecule has 0 amide bonds. The summed E-state index contributed by atoms with van der Waals surface area (Å²) in [7, 11) is 0. The van der Waals surface area contributed by atoms with Crippen molar-refractivity contribution in [2.45, 2.75) is 6.92 Å². The number of halogens is 1. The lowest BCUT2D eigenvalue weighted by Gasteiger charge is -2.06. The highest BCUT2D eigenvalue weighted by Gasteiger charge is 2.03. The lowest BCUT2D eigenvalue weighted by molar-refractivity contribution is 1.29. The summed E-state index contributed by atoms with van der Waals surface area (Å²) in [5.74, 6) is 0.561. The van der Waals surface area contributed by atoms with Crippen LogP contribution < -0.4 is 5.73 Å². The second-order valence-corrected chi connectivity index (χ2v) is 4.35. The summed E-state index contributed by atoms with van der Waals surface area (Å²) in [6.07, 6.45) is 1.81. The molecule has 15 heavy (non-hydrogen) atoms. The van der Waals surface area contributed by atoms with Crippen molar-refractivity contribution in [3.05, 3.63) is 46.6 Å². The maximum absolute atomic E-state index is 5.62. The minimum atomic E-state index is 0.561. The molecule has 0 fully saturated rings. The number of hydrogen-bond donors (Lipinski definition) is 1. The molecule has 0 radical (unpaired) electrons. The smallest absolute Gasteiger partial charge is 0.123 e. The van der Waals surface area contributed by atoms with Crippen LogP contribution in [0, 0.1) is 6.92 Å². The molecule has 0 saturated heterocycles. The van der Waals surface area contributed by atoms with E-state index in [0.29, 0.717) is 5.82 Å². The van der Waals surface area contributed by atoms with E-state index in [9.17, 15) is 0 Å². The second-order valence-electron chi connectivity index (χ2n) is 3.43. The van der Waals surface area contributed by atoms with Crippen LogP contribution in [0.1, 0.15) is 5.56 Å². The van der Waals surface area contributed by atoms with Gasteiger partial charge < -0.3 is 5.73 Å². The van der Waals surface area contributed by atoms with Gasteiger partial charge in [0.05, 0.1) is 0 Å². The summed E-state index contributed by atoms with van der Waals surface area (Å²) in [5, 5.41) is 0. The molecular formula is C12H11BrN2. The molecule has 0 aliphatic rings. The van der Waals surface area contributed by atoms with Crippen molar-refractivity contribution in [3.63, 3.8) is 0 Å². The third-order valence-electron chi connectivity index (χ3n) is 2.27. The topological polar surface area (TPSA) is 38.9 Å². The highest BCUT2D eigenvalue weighted by molar-refractivity contribution is 9.10. The molecule has 2 N–H and O–H groups in total. The molecule has 2 aromatic rings. The molecule has 0 bridgehead atoms. The van der Waals surface area contributed by atoms with Gasteiger partial charge in [-0.25, -0.2) is 4.98 Å². The normalized spacial score (nSPS) is 10.3. The summed E-state index contributed by atoms with van der Waals surface area (Å²) in [6.45, 7) is 2.04. The van der Waals surface area contributed by atoms with E-state index in [1.165, 1.54) is 0 Å². The second kappa shape index (κ2) is 4.03. The van der Waals surface area contributed by atoms with Gasteiger partial charge in [0.2, 0.25) is 0 Å². The third kappa shape index (κ3) is 2.18. The quantitative estimate of drug-likeness (QED) is 0.856. The minimum Gasteiger partial charge on any atom is -0.384 e. The maximum atomic E-state index is 5.62. The number of rotatable bonds is 1. The van der Waals surface area contributed by atoms with Crippen LogP contribution >= 0.6 is 15.9 Å². The molecule has 3 heteroatoms. The largest absolute Gasteiger partial charge is 0.384 e. The van der Waals surface area contributed by atoms with Gasteiger partial charge in [-0.1, -0.05) is 28.1 Å². The Morgan fingerprint density at radius 2 is 2.07 bits per heavy atom. The monoisotopic (exact) mass is 262 g/mol.